The molecule has 0 unspecified atom stereocenters. The van der Waals surface area contributed by atoms with Crippen LogP contribution in [0.4, 0.5) is 27.7 Å². The number of carbonyl (C=O) groups is 2. The molecule has 0 aliphatic heterocycles. The van der Waals surface area contributed by atoms with Crippen molar-refractivity contribution in [3.8, 4) is 0 Å². The molecule has 0 saturated carbocycles. The third-order valence-electron chi connectivity index (χ3n) is 4.47. The largest absolute Gasteiger partial charge is 0.343 e. The second-order valence-corrected chi connectivity index (χ2v) is 6.81. The van der Waals surface area contributed by atoms with Gasteiger partial charge in [0.1, 0.15) is 5.82 Å². The Bertz CT molecular complexity index is 990. The van der Waals surface area contributed by atoms with Gasteiger partial charge >= 0.3 is 6.03 Å². The van der Waals surface area contributed by atoms with Crippen LogP contribution in [-0.2, 0) is 4.79 Å². The summed E-state index contributed by atoms with van der Waals surface area (Å²) < 4.78 is 0. The fraction of sp³-hybridized carbons (Fsp3) is 0.174. The van der Waals surface area contributed by atoms with E-state index in [1.165, 1.54) is 0 Å². The van der Waals surface area contributed by atoms with Crippen molar-refractivity contribution in [3.05, 3.63) is 78.5 Å². The van der Waals surface area contributed by atoms with Gasteiger partial charge in [-0.1, -0.05) is 36.4 Å². The SMILES string of the molecule is Cc1ccc(NC(=O)CCNC(=O)Nc2ccccc2N(C)c2ccccc2)nc1. The minimum absolute atomic E-state index is 0.147. The van der Waals surface area contributed by atoms with Gasteiger partial charge in [0.25, 0.3) is 0 Å². The lowest BCUT2D eigenvalue weighted by molar-refractivity contribution is -0.116. The van der Waals surface area contributed by atoms with Gasteiger partial charge in [0.2, 0.25) is 5.91 Å². The van der Waals surface area contributed by atoms with Gasteiger partial charge in [0.05, 0.1) is 11.4 Å². The Morgan fingerprint density at radius 3 is 2.40 bits per heavy atom. The molecule has 3 amide bonds. The van der Waals surface area contributed by atoms with Gasteiger partial charge < -0.3 is 20.9 Å². The second kappa shape index (κ2) is 10.1. The number of benzene rings is 2. The van der Waals surface area contributed by atoms with Crippen molar-refractivity contribution in [2.45, 2.75) is 13.3 Å². The Hall–Kier alpha value is -3.87. The van der Waals surface area contributed by atoms with Gasteiger partial charge in [-0.2, -0.15) is 0 Å². The molecule has 1 heterocycles. The van der Waals surface area contributed by atoms with Crippen molar-refractivity contribution in [1.29, 1.82) is 0 Å². The van der Waals surface area contributed by atoms with Gasteiger partial charge in [-0.3, -0.25) is 4.79 Å². The molecule has 0 saturated heterocycles. The number of rotatable bonds is 7. The molecule has 0 bridgehead atoms. The van der Waals surface area contributed by atoms with Gasteiger partial charge in [-0.15, -0.1) is 0 Å². The minimum Gasteiger partial charge on any atom is -0.343 e. The zero-order chi connectivity index (χ0) is 21.3. The van der Waals surface area contributed by atoms with Crippen molar-refractivity contribution in [2.75, 3.05) is 29.1 Å². The standard InChI is InChI=1S/C23H25N5O2/c1-17-12-13-21(25-16-17)27-22(29)14-15-24-23(30)26-19-10-6-7-11-20(19)28(2)18-8-4-3-5-9-18/h3-13,16H,14-15H2,1-2H3,(H2,24,26,30)(H,25,27,29). The van der Waals surface area contributed by atoms with Crippen LogP contribution in [0.2, 0.25) is 0 Å². The van der Waals surface area contributed by atoms with Crippen LogP contribution in [0.25, 0.3) is 0 Å². The number of pyridine rings is 1. The highest BCUT2D eigenvalue weighted by Crippen LogP contribution is 2.30. The molecule has 154 valence electrons. The molecule has 0 aliphatic rings. The lowest BCUT2D eigenvalue weighted by Gasteiger charge is -2.22. The molecule has 1 aromatic heterocycles. The number of nitrogens with zero attached hydrogens (tertiary/aromatic N) is 2. The second-order valence-electron chi connectivity index (χ2n) is 6.81. The molecule has 30 heavy (non-hydrogen) atoms. The first-order valence-electron chi connectivity index (χ1n) is 9.68. The van der Waals surface area contributed by atoms with Crippen LogP contribution in [0.1, 0.15) is 12.0 Å². The molecule has 3 aromatic rings. The number of aromatic nitrogens is 1. The van der Waals surface area contributed by atoms with Gasteiger partial charge in [-0.25, -0.2) is 9.78 Å². The van der Waals surface area contributed by atoms with E-state index in [4.69, 9.17) is 0 Å². The quantitative estimate of drug-likeness (QED) is 0.549. The summed E-state index contributed by atoms with van der Waals surface area (Å²) in [5, 5.41) is 8.27. The molecular formula is C23H25N5O2. The normalized spacial score (nSPS) is 10.2. The predicted octanol–water partition coefficient (Wildman–Crippen LogP) is 4.31. The van der Waals surface area contributed by atoms with Crippen molar-refractivity contribution in [2.24, 2.45) is 0 Å². The molecule has 0 atom stereocenters. The van der Waals surface area contributed by atoms with Crippen LogP contribution < -0.4 is 20.9 Å². The molecule has 3 rings (SSSR count). The third kappa shape index (κ3) is 5.81. The third-order valence-corrected chi connectivity index (χ3v) is 4.47. The summed E-state index contributed by atoms with van der Waals surface area (Å²) in [6.45, 7) is 2.14. The van der Waals surface area contributed by atoms with E-state index < -0.39 is 0 Å². The zero-order valence-corrected chi connectivity index (χ0v) is 17.1. The Morgan fingerprint density at radius 2 is 1.67 bits per heavy atom. The maximum absolute atomic E-state index is 12.3. The molecule has 0 fully saturated rings. The fourth-order valence-corrected chi connectivity index (χ4v) is 2.87. The van der Waals surface area contributed by atoms with Crippen LogP contribution in [0, 0.1) is 6.92 Å². The highest BCUT2D eigenvalue weighted by Gasteiger charge is 2.11. The van der Waals surface area contributed by atoms with Crippen molar-refractivity contribution < 1.29 is 9.59 Å². The first-order chi connectivity index (χ1) is 14.5. The number of nitrogens with one attached hydrogen (secondary N) is 3. The number of hydrogen-bond donors (Lipinski definition) is 3. The fourth-order valence-electron chi connectivity index (χ4n) is 2.87. The van der Waals surface area contributed by atoms with Crippen LogP contribution in [0.3, 0.4) is 0 Å². The highest BCUT2D eigenvalue weighted by molar-refractivity contribution is 5.95. The van der Waals surface area contributed by atoms with E-state index in [2.05, 4.69) is 20.9 Å². The molecule has 7 heteroatoms. The maximum Gasteiger partial charge on any atom is 0.319 e. The van der Waals surface area contributed by atoms with E-state index in [9.17, 15) is 9.59 Å². The van der Waals surface area contributed by atoms with E-state index in [1.807, 2.05) is 79.5 Å². The summed E-state index contributed by atoms with van der Waals surface area (Å²) in [5.41, 5.74) is 3.56. The summed E-state index contributed by atoms with van der Waals surface area (Å²) in [5.74, 6) is 0.281. The molecular weight excluding hydrogens is 378 g/mol. The molecule has 0 aliphatic carbocycles. The van der Waals surface area contributed by atoms with E-state index >= 15 is 0 Å². The minimum atomic E-state index is -0.370. The monoisotopic (exact) mass is 403 g/mol. The van der Waals surface area contributed by atoms with E-state index in [1.54, 1.807) is 12.3 Å². The summed E-state index contributed by atoms with van der Waals surface area (Å²) in [7, 11) is 1.94. The van der Waals surface area contributed by atoms with Crippen molar-refractivity contribution >= 4 is 34.8 Å². The first-order valence-corrected chi connectivity index (χ1v) is 9.68. The highest BCUT2D eigenvalue weighted by atomic mass is 16.2. The van der Waals surface area contributed by atoms with E-state index in [0.717, 1.165) is 16.9 Å². The maximum atomic E-state index is 12.3. The summed E-state index contributed by atoms with van der Waals surface area (Å²) in [6, 6.07) is 20.7. The number of anilines is 4. The van der Waals surface area contributed by atoms with Crippen molar-refractivity contribution in [1.82, 2.24) is 10.3 Å². The molecule has 0 spiro atoms. The number of para-hydroxylation sites is 3. The summed E-state index contributed by atoms with van der Waals surface area (Å²) in [6.07, 6.45) is 1.83. The molecule has 0 radical (unpaired) electrons. The summed E-state index contributed by atoms with van der Waals surface area (Å²) >= 11 is 0. The smallest absolute Gasteiger partial charge is 0.319 e. The van der Waals surface area contributed by atoms with Gasteiger partial charge in [0.15, 0.2) is 0 Å². The zero-order valence-electron chi connectivity index (χ0n) is 17.1. The van der Waals surface area contributed by atoms with Crippen LogP contribution in [-0.4, -0.2) is 30.5 Å². The topological polar surface area (TPSA) is 86.4 Å². The molecule has 3 N–H and O–H groups in total. The average Bonchev–Trinajstić information content (AvgIpc) is 2.76. The lowest BCUT2D eigenvalue weighted by atomic mass is 10.2. The number of hydrogen-bond acceptors (Lipinski definition) is 4. The summed E-state index contributed by atoms with van der Waals surface area (Å²) in [4.78, 5) is 30.5. The average molecular weight is 403 g/mol. The van der Waals surface area contributed by atoms with Crippen LogP contribution >= 0.6 is 0 Å². The molecule has 2 aromatic carbocycles. The number of amides is 3. The van der Waals surface area contributed by atoms with E-state index in [-0.39, 0.29) is 24.9 Å². The lowest BCUT2D eigenvalue weighted by Crippen LogP contribution is -2.32. The Morgan fingerprint density at radius 1 is 0.933 bits per heavy atom. The van der Waals surface area contributed by atoms with Gasteiger partial charge in [0, 0.05) is 31.9 Å². The first kappa shape index (κ1) is 20.9. The number of aryl methyl sites for hydroxylation is 1. The van der Waals surface area contributed by atoms with Crippen molar-refractivity contribution in [3.63, 3.8) is 0 Å². The Labute approximate surface area is 176 Å². The predicted molar refractivity (Wildman–Crippen MR) is 120 cm³/mol. The van der Waals surface area contributed by atoms with E-state index in [0.29, 0.717) is 11.5 Å². The molecule has 7 nitrogen and oxygen atoms in total. The van der Waals surface area contributed by atoms with Crippen LogP contribution in [0.5, 0.6) is 0 Å². The Kier molecular flexibility index (Phi) is 7.00. The number of carbonyl (C=O) groups excluding carboxylic acids is 2. The number of urea groups is 1. The Balaban J connectivity index is 1.51. The van der Waals surface area contributed by atoms with Crippen LogP contribution in [0.15, 0.2) is 72.9 Å². The van der Waals surface area contributed by atoms with Gasteiger partial charge in [-0.05, 0) is 42.8 Å².